The Bertz CT molecular complexity index is 810. The summed E-state index contributed by atoms with van der Waals surface area (Å²) in [4.78, 5) is 2.30. The summed E-state index contributed by atoms with van der Waals surface area (Å²) >= 11 is 6.34. The molecule has 1 N–H and O–H groups in total. The van der Waals surface area contributed by atoms with Gasteiger partial charge in [0.05, 0.1) is 22.5 Å². The van der Waals surface area contributed by atoms with E-state index in [1.165, 1.54) is 6.26 Å². The smallest absolute Gasteiger partial charge is 0.208 e. The van der Waals surface area contributed by atoms with Crippen molar-refractivity contribution in [1.29, 1.82) is 0 Å². The van der Waals surface area contributed by atoms with E-state index in [1.807, 2.05) is 29.9 Å². The van der Waals surface area contributed by atoms with Crippen LogP contribution in [0.3, 0.4) is 0 Å². The van der Waals surface area contributed by atoms with Gasteiger partial charge in [-0.15, -0.1) is 0 Å². The van der Waals surface area contributed by atoms with Gasteiger partial charge < -0.3 is 0 Å². The maximum Gasteiger partial charge on any atom is 0.208 e. The molecule has 0 saturated carbocycles. The van der Waals surface area contributed by atoms with Gasteiger partial charge >= 0.3 is 0 Å². The average Bonchev–Trinajstić information content (AvgIpc) is 2.77. The molecule has 1 aromatic heterocycles. The molecule has 2 aromatic rings. The van der Waals surface area contributed by atoms with Crippen molar-refractivity contribution in [1.82, 2.24) is 19.4 Å². The number of fused-ring (bicyclic) bond motifs is 1. The third-order valence-corrected chi connectivity index (χ3v) is 5.32. The van der Waals surface area contributed by atoms with E-state index in [9.17, 15) is 8.42 Å². The Kier molecular flexibility index (Phi) is 4.64. The fraction of sp³-hybridized carbons (Fsp3) is 0.533. The first kappa shape index (κ1) is 16.7. The lowest BCUT2D eigenvalue weighted by Gasteiger charge is -2.31. The van der Waals surface area contributed by atoms with Gasteiger partial charge in [-0.2, -0.15) is 5.10 Å². The topological polar surface area (TPSA) is 67.2 Å². The van der Waals surface area contributed by atoms with Crippen molar-refractivity contribution in [3.05, 3.63) is 28.9 Å². The summed E-state index contributed by atoms with van der Waals surface area (Å²) in [5, 5.41) is 6.33. The van der Waals surface area contributed by atoms with Crippen LogP contribution in [0.5, 0.6) is 0 Å². The molecule has 1 aliphatic rings. The van der Waals surface area contributed by atoms with Gasteiger partial charge in [0.2, 0.25) is 10.0 Å². The maximum absolute atomic E-state index is 11.3. The molecule has 1 aliphatic heterocycles. The van der Waals surface area contributed by atoms with E-state index >= 15 is 0 Å². The van der Waals surface area contributed by atoms with Crippen molar-refractivity contribution in [2.24, 2.45) is 7.05 Å². The minimum atomic E-state index is -3.13. The van der Waals surface area contributed by atoms with Crippen LogP contribution >= 0.6 is 11.6 Å². The average molecular weight is 357 g/mol. The van der Waals surface area contributed by atoms with E-state index in [4.69, 9.17) is 11.6 Å². The van der Waals surface area contributed by atoms with Crippen molar-refractivity contribution in [3.63, 3.8) is 0 Å². The zero-order valence-corrected chi connectivity index (χ0v) is 14.9. The normalized spacial score (nSPS) is 17.9. The van der Waals surface area contributed by atoms with Gasteiger partial charge in [-0.1, -0.05) is 17.7 Å². The van der Waals surface area contributed by atoms with Crippen molar-refractivity contribution >= 4 is 32.5 Å². The molecule has 126 valence electrons. The number of aryl methyl sites for hydroxylation is 1. The van der Waals surface area contributed by atoms with Crippen LogP contribution in [0.1, 0.15) is 18.5 Å². The highest BCUT2D eigenvalue weighted by atomic mass is 35.5. The van der Waals surface area contributed by atoms with Crippen LogP contribution in [0.4, 0.5) is 0 Å². The molecule has 1 saturated heterocycles. The highest BCUT2D eigenvalue weighted by Gasteiger charge is 2.23. The van der Waals surface area contributed by atoms with E-state index in [2.05, 4.69) is 14.7 Å². The Morgan fingerprint density at radius 2 is 2.04 bits per heavy atom. The van der Waals surface area contributed by atoms with E-state index < -0.39 is 10.0 Å². The largest absolute Gasteiger partial charge is 0.297 e. The van der Waals surface area contributed by atoms with Crippen LogP contribution in [0.15, 0.2) is 18.2 Å². The summed E-state index contributed by atoms with van der Waals surface area (Å²) < 4.78 is 27.2. The molecule has 0 unspecified atom stereocenters. The lowest BCUT2D eigenvalue weighted by molar-refractivity contribution is 0.198. The van der Waals surface area contributed by atoms with E-state index in [0.717, 1.165) is 54.1 Å². The Morgan fingerprint density at radius 1 is 1.35 bits per heavy atom. The maximum atomic E-state index is 11.3. The molecular weight excluding hydrogens is 336 g/mol. The Labute approximate surface area is 141 Å². The van der Waals surface area contributed by atoms with Gasteiger partial charge in [0, 0.05) is 38.1 Å². The molecule has 0 bridgehead atoms. The monoisotopic (exact) mass is 356 g/mol. The number of piperidine rings is 1. The summed E-state index contributed by atoms with van der Waals surface area (Å²) in [6, 6.07) is 5.86. The molecule has 6 nitrogen and oxygen atoms in total. The van der Waals surface area contributed by atoms with E-state index in [1.54, 1.807) is 0 Å². The second-order valence-electron chi connectivity index (χ2n) is 6.14. The number of hydrogen-bond acceptors (Lipinski definition) is 4. The molecular formula is C15H21ClN4O2S. The van der Waals surface area contributed by atoms with Crippen LogP contribution in [0, 0.1) is 0 Å². The Balaban J connectivity index is 1.70. The summed E-state index contributed by atoms with van der Waals surface area (Å²) in [6.45, 7) is 2.41. The fourth-order valence-electron chi connectivity index (χ4n) is 3.19. The first-order valence-corrected chi connectivity index (χ1v) is 9.90. The highest BCUT2D eigenvalue weighted by molar-refractivity contribution is 7.88. The molecule has 23 heavy (non-hydrogen) atoms. The quantitative estimate of drug-likeness (QED) is 0.906. The molecule has 0 radical (unpaired) electrons. The second kappa shape index (κ2) is 6.39. The minimum Gasteiger partial charge on any atom is -0.297 e. The highest BCUT2D eigenvalue weighted by Crippen LogP contribution is 2.27. The molecule has 8 heteroatoms. The predicted molar refractivity (Wildman–Crippen MR) is 92.0 cm³/mol. The number of likely N-dealkylation sites (tertiary alicyclic amines) is 1. The lowest BCUT2D eigenvalue weighted by atomic mass is 10.1. The minimum absolute atomic E-state index is 0.0327. The van der Waals surface area contributed by atoms with Gasteiger partial charge in [0.1, 0.15) is 0 Å². The van der Waals surface area contributed by atoms with Gasteiger partial charge in [-0.05, 0) is 25.0 Å². The van der Waals surface area contributed by atoms with Crippen molar-refractivity contribution in [2.75, 3.05) is 19.3 Å². The van der Waals surface area contributed by atoms with Crippen LogP contribution in [0.25, 0.3) is 10.9 Å². The van der Waals surface area contributed by atoms with Crippen LogP contribution in [-0.4, -0.2) is 48.5 Å². The van der Waals surface area contributed by atoms with Gasteiger partial charge in [0.15, 0.2) is 0 Å². The molecule has 2 heterocycles. The summed E-state index contributed by atoms with van der Waals surface area (Å²) in [5.74, 6) is 0. The van der Waals surface area contributed by atoms with Crippen molar-refractivity contribution < 1.29 is 8.42 Å². The van der Waals surface area contributed by atoms with Crippen LogP contribution < -0.4 is 4.72 Å². The van der Waals surface area contributed by atoms with Gasteiger partial charge in [-0.3, -0.25) is 9.58 Å². The third kappa shape index (κ3) is 3.85. The number of benzene rings is 1. The zero-order valence-electron chi connectivity index (χ0n) is 13.3. The molecule has 0 amide bonds. The standard InChI is InChI=1S/C15H21ClN4O2S/c1-19-14-5-3-4-12(16)15(14)13(17-19)10-20-8-6-11(7-9-20)18-23(2,21)22/h3-5,11,18H,6-10H2,1-2H3. The molecule has 1 fully saturated rings. The SMILES string of the molecule is Cn1nc(CN2CCC(NS(C)(=O)=O)CC2)c2c(Cl)cccc21. The molecule has 1 aromatic carbocycles. The molecule has 0 atom stereocenters. The fourth-order valence-corrected chi connectivity index (χ4v) is 4.31. The number of sulfonamides is 1. The number of aromatic nitrogens is 2. The third-order valence-electron chi connectivity index (χ3n) is 4.24. The van der Waals surface area contributed by atoms with Crippen molar-refractivity contribution in [2.45, 2.75) is 25.4 Å². The molecule has 0 aliphatic carbocycles. The van der Waals surface area contributed by atoms with E-state index in [-0.39, 0.29) is 6.04 Å². The number of hydrogen-bond donors (Lipinski definition) is 1. The van der Waals surface area contributed by atoms with Crippen LogP contribution in [0.2, 0.25) is 5.02 Å². The number of halogens is 1. The summed E-state index contributed by atoms with van der Waals surface area (Å²) in [7, 11) is -1.21. The number of nitrogens with one attached hydrogen (secondary N) is 1. The first-order valence-electron chi connectivity index (χ1n) is 7.63. The Hall–Kier alpha value is -1.15. The second-order valence-corrected chi connectivity index (χ2v) is 8.33. The molecule has 3 rings (SSSR count). The van der Waals surface area contributed by atoms with E-state index in [0.29, 0.717) is 0 Å². The number of rotatable bonds is 4. The first-order chi connectivity index (χ1) is 10.8. The predicted octanol–water partition coefficient (Wildman–Crippen LogP) is 1.74. The summed E-state index contributed by atoms with van der Waals surface area (Å²) in [6.07, 6.45) is 2.83. The zero-order chi connectivity index (χ0) is 16.6. The van der Waals surface area contributed by atoms with Crippen molar-refractivity contribution in [3.8, 4) is 0 Å². The number of nitrogens with zero attached hydrogens (tertiary/aromatic N) is 3. The van der Waals surface area contributed by atoms with Gasteiger partial charge in [-0.25, -0.2) is 13.1 Å². The van der Waals surface area contributed by atoms with Crippen LogP contribution in [-0.2, 0) is 23.6 Å². The lowest BCUT2D eigenvalue weighted by Crippen LogP contribution is -2.44. The Morgan fingerprint density at radius 3 is 2.70 bits per heavy atom. The van der Waals surface area contributed by atoms with Gasteiger partial charge in [0.25, 0.3) is 0 Å². The summed E-state index contributed by atoms with van der Waals surface area (Å²) in [5.41, 5.74) is 2.00. The molecule has 0 spiro atoms.